The van der Waals surface area contributed by atoms with Crippen molar-refractivity contribution in [2.24, 2.45) is 5.92 Å². The minimum absolute atomic E-state index is 0.0743. The first kappa shape index (κ1) is 25.0. The second-order valence-corrected chi connectivity index (χ2v) is 9.93. The minimum atomic E-state index is -0.752. The molecule has 1 saturated heterocycles. The van der Waals surface area contributed by atoms with Gasteiger partial charge in [0.1, 0.15) is 6.04 Å². The first-order valence-corrected chi connectivity index (χ1v) is 13.0. The van der Waals surface area contributed by atoms with E-state index in [9.17, 15) is 14.4 Å². The van der Waals surface area contributed by atoms with Crippen molar-refractivity contribution < 1.29 is 14.4 Å². The Hall–Kier alpha value is -3.15. The summed E-state index contributed by atoms with van der Waals surface area (Å²) in [6.45, 7) is 1.39. The van der Waals surface area contributed by atoms with Gasteiger partial charge in [0, 0.05) is 32.0 Å². The molecule has 2 aliphatic rings. The molecule has 2 N–H and O–H groups in total. The van der Waals surface area contributed by atoms with E-state index in [-0.39, 0.29) is 30.2 Å². The standard InChI is InChI=1S/C29H37N3O3/c33-26(20-23-12-7-8-13-23)31-28(24-14-5-2-6-15-24)29(35)30-25-16-9-18-32(27(34)21-25)19-17-22-10-3-1-4-11-22/h1-6,10-11,14-15,23,25,28H,7-9,12-13,16-21H2,(H,30,35)(H,31,33)/t25-,28-/m0/s1. The quantitative estimate of drug-likeness (QED) is 0.572. The zero-order chi connectivity index (χ0) is 24.5. The van der Waals surface area contributed by atoms with Gasteiger partial charge in [0.05, 0.1) is 0 Å². The Morgan fingerprint density at radius 2 is 1.60 bits per heavy atom. The molecule has 2 atom stereocenters. The smallest absolute Gasteiger partial charge is 0.247 e. The fourth-order valence-electron chi connectivity index (χ4n) is 5.29. The van der Waals surface area contributed by atoms with E-state index >= 15 is 0 Å². The predicted octanol–water partition coefficient (Wildman–Crippen LogP) is 4.16. The van der Waals surface area contributed by atoms with E-state index in [1.165, 1.54) is 18.4 Å². The van der Waals surface area contributed by atoms with Gasteiger partial charge in [-0.3, -0.25) is 14.4 Å². The van der Waals surface area contributed by atoms with Crippen molar-refractivity contribution in [1.82, 2.24) is 15.5 Å². The van der Waals surface area contributed by atoms with Crippen LogP contribution < -0.4 is 10.6 Å². The average molecular weight is 476 g/mol. The highest BCUT2D eigenvalue weighted by atomic mass is 16.2. The number of carbonyl (C=O) groups is 3. The molecular weight excluding hydrogens is 438 g/mol. The summed E-state index contributed by atoms with van der Waals surface area (Å²) in [5.74, 6) is 0.164. The van der Waals surface area contributed by atoms with Crippen LogP contribution in [-0.2, 0) is 20.8 Å². The maximum Gasteiger partial charge on any atom is 0.247 e. The molecule has 1 aliphatic carbocycles. The van der Waals surface area contributed by atoms with Crippen molar-refractivity contribution >= 4 is 17.7 Å². The third kappa shape index (κ3) is 7.41. The zero-order valence-corrected chi connectivity index (χ0v) is 20.5. The molecule has 35 heavy (non-hydrogen) atoms. The zero-order valence-electron chi connectivity index (χ0n) is 20.5. The van der Waals surface area contributed by atoms with Crippen LogP contribution in [0.2, 0.25) is 0 Å². The summed E-state index contributed by atoms with van der Waals surface area (Å²) < 4.78 is 0. The molecule has 6 heteroatoms. The molecule has 0 aromatic heterocycles. The molecule has 2 fully saturated rings. The van der Waals surface area contributed by atoms with Crippen LogP contribution in [0.3, 0.4) is 0 Å². The van der Waals surface area contributed by atoms with Gasteiger partial charge in [0.15, 0.2) is 0 Å². The van der Waals surface area contributed by atoms with Gasteiger partial charge >= 0.3 is 0 Å². The molecular formula is C29H37N3O3. The molecule has 4 rings (SSSR count). The number of amides is 3. The van der Waals surface area contributed by atoms with Crippen molar-refractivity contribution in [3.63, 3.8) is 0 Å². The van der Waals surface area contributed by atoms with Crippen LogP contribution in [0.15, 0.2) is 60.7 Å². The Morgan fingerprint density at radius 1 is 0.914 bits per heavy atom. The van der Waals surface area contributed by atoms with E-state index in [2.05, 4.69) is 22.8 Å². The second kappa shape index (κ2) is 12.5. The molecule has 0 radical (unpaired) electrons. The van der Waals surface area contributed by atoms with Crippen molar-refractivity contribution in [3.05, 3.63) is 71.8 Å². The van der Waals surface area contributed by atoms with Crippen molar-refractivity contribution in [2.75, 3.05) is 13.1 Å². The number of hydrogen-bond acceptors (Lipinski definition) is 3. The molecule has 3 amide bonds. The number of benzene rings is 2. The Kier molecular flexibility index (Phi) is 8.93. The summed E-state index contributed by atoms with van der Waals surface area (Å²) >= 11 is 0. The van der Waals surface area contributed by atoms with E-state index in [1.54, 1.807) is 0 Å². The number of nitrogens with zero attached hydrogens (tertiary/aromatic N) is 1. The number of rotatable bonds is 9. The van der Waals surface area contributed by atoms with E-state index in [0.717, 1.165) is 37.7 Å². The summed E-state index contributed by atoms with van der Waals surface area (Å²) in [6, 6.07) is 18.6. The fourth-order valence-corrected chi connectivity index (χ4v) is 5.29. The van der Waals surface area contributed by atoms with Crippen molar-refractivity contribution in [2.45, 2.75) is 69.9 Å². The molecule has 2 aromatic carbocycles. The van der Waals surface area contributed by atoms with Crippen LogP contribution in [0, 0.1) is 5.92 Å². The summed E-state index contributed by atoms with van der Waals surface area (Å²) in [5, 5.41) is 6.06. The largest absolute Gasteiger partial charge is 0.351 e. The topological polar surface area (TPSA) is 78.5 Å². The van der Waals surface area contributed by atoms with E-state index in [1.807, 2.05) is 53.4 Å². The number of hydrogen-bond donors (Lipinski definition) is 2. The molecule has 0 unspecified atom stereocenters. The molecule has 1 aliphatic heterocycles. The van der Waals surface area contributed by atoms with Crippen LogP contribution in [-0.4, -0.2) is 41.8 Å². The second-order valence-electron chi connectivity index (χ2n) is 9.93. The molecule has 0 spiro atoms. The molecule has 0 bridgehead atoms. The van der Waals surface area contributed by atoms with E-state index in [4.69, 9.17) is 0 Å². The minimum Gasteiger partial charge on any atom is -0.351 e. The van der Waals surface area contributed by atoms with Gasteiger partial charge in [-0.25, -0.2) is 0 Å². The van der Waals surface area contributed by atoms with Gasteiger partial charge in [-0.15, -0.1) is 0 Å². The Balaban J connectivity index is 1.35. The number of nitrogens with one attached hydrogen (secondary N) is 2. The summed E-state index contributed by atoms with van der Waals surface area (Å²) in [6.07, 6.45) is 7.70. The van der Waals surface area contributed by atoms with E-state index in [0.29, 0.717) is 25.4 Å². The SMILES string of the molecule is O=C(CC1CCCC1)N[C@H](C(=O)N[C@H]1CCCN(CCc2ccccc2)C(=O)C1)c1ccccc1. The maximum absolute atomic E-state index is 13.3. The van der Waals surface area contributed by atoms with Crippen LogP contribution in [0.25, 0.3) is 0 Å². The van der Waals surface area contributed by atoms with Gasteiger partial charge in [-0.1, -0.05) is 73.5 Å². The molecule has 1 heterocycles. The average Bonchev–Trinajstić information content (AvgIpc) is 3.31. The highest BCUT2D eigenvalue weighted by Crippen LogP contribution is 2.28. The third-order valence-corrected chi connectivity index (χ3v) is 7.26. The van der Waals surface area contributed by atoms with Gasteiger partial charge in [0.2, 0.25) is 17.7 Å². The Labute approximate surface area is 208 Å². The molecule has 1 saturated carbocycles. The van der Waals surface area contributed by atoms with Crippen LogP contribution >= 0.6 is 0 Å². The predicted molar refractivity (Wildman–Crippen MR) is 136 cm³/mol. The van der Waals surface area contributed by atoms with Crippen LogP contribution in [0.4, 0.5) is 0 Å². The summed E-state index contributed by atoms with van der Waals surface area (Å²) in [7, 11) is 0. The van der Waals surface area contributed by atoms with Gasteiger partial charge in [-0.05, 0) is 49.1 Å². The maximum atomic E-state index is 13.3. The first-order chi connectivity index (χ1) is 17.1. The van der Waals surface area contributed by atoms with Crippen molar-refractivity contribution in [1.29, 1.82) is 0 Å². The van der Waals surface area contributed by atoms with Crippen LogP contribution in [0.1, 0.15) is 68.5 Å². The highest BCUT2D eigenvalue weighted by molar-refractivity contribution is 5.89. The van der Waals surface area contributed by atoms with E-state index < -0.39 is 6.04 Å². The summed E-state index contributed by atoms with van der Waals surface area (Å²) in [5.41, 5.74) is 1.97. The monoisotopic (exact) mass is 475 g/mol. The van der Waals surface area contributed by atoms with Gasteiger partial charge < -0.3 is 15.5 Å². The Morgan fingerprint density at radius 3 is 2.31 bits per heavy atom. The lowest BCUT2D eigenvalue weighted by Crippen LogP contribution is -2.45. The number of carbonyl (C=O) groups excluding carboxylic acids is 3. The van der Waals surface area contributed by atoms with Crippen LogP contribution in [0.5, 0.6) is 0 Å². The summed E-state index contributed by atoms with van der Waals surface area (Å²) in [4.78, 5) is 41.0. The molecule has 186 valence electrons. The van der Waals surface area contributed by atoms with Gasteiger partial charge in [-0.2, -0.15) is 0 Å². The Bertz CT molecular complexity index is 973. The third-order valence-electron chi connectivity index (χ3n) is 7.26. The van der Waals surface area contributed by atoms with Gasteiger partial charge in [0.25, 0.3) is 0 Å². The van der Waals surface area contributed by atoms with Crippen molar-refractivity contribution in [3.8, 4) is 0 Å². The lowest BCUT2D eigenvalue weighted by atomic mass is 10.0. The highest BCUT2D eigenvalue weighted by Gasteiger charge is 2.29. The molecule has 6 nitrogen and oxygen atoms in total. The normalized spacial score (nSPS) is 19.7. The number of likely N-dealkylation sites (tertiary alicyclic amines) is 1. The lowest BCUT2D eigenvalue weighted by molar-refractivity contribution is -0.132. The first-order valence-electron chi connectivity index (χ1n) is 13.0. The molecule has 2 aromatic rings. The fraction of sp³-hybridized carbons (Fsp3) is 0.483. The lowest BCUT2D eigenvalue weighted by Gasteiger charge is -2.24.